The number of hydrogen-bond donors (Lipinski definition) is 3. The molecule has 1 unspecified atom stereocenters. The molecule has 2 aromatic rings. The van der Waals surface area contributed by atoms with Gasteiger partial charge in [-0.25, -0.2) is 0 Å². The zero-order chi connectivity index (χ0) is 26.4. The highest BCUT2D eigenvalue weighted by atomic mass is 16.4. The minimum atomic E-state index is -1.06. The van der Waals surface area contributed by atoms with Crippen molar-refractivity contribution >= 4 is 35.1 Å². The molecule has 0 radical (unpaired) electrons. The molecule has 37 heavy (non-hydrogen) atoms. The molecule has 2 fully saturated rings. The Hall–Kier alpha value is -3.69. The molecule has 1 aromatic carbocycles. The second-order valence-electron chi connectivity index (χ2n) is 10.8. The quantitative estimate of drug-likeness (QED) is 0.477. The van der Waals surface area contributed by atoms with Crippen molar-refractivity contribution in [3.8, 4) is 0 Å². The molecule has 10 nitrogen and oxygen atoms in total. The maximum absolute atomic E-state index is 13.7. The van der Waals surface area contributed by atoms with E-state index in [0.717, 1.165) is 25.7 Å². The zero-order valence-corrected chi connectivity index (χ0v) is 21.3. The van der Waals surface area contributed by atoms with E-state index in [9.17, 15) is 24.3 Å². The summed E-state index contributed by atoms with van der Waals surface area (Å²) in [6.07, 6.45) is 5.68. The van der Waals surface area contributed by atoms with Gasteiger partial charge in [0.25, 0.3) is 5.91 Å². The number of carboxylic acid groups (broad SMARTS) is 1. The largest absolute Gasteiger partial charge is 0.481 e. The van der Waals surface area contributed by atoms with Crippen molar-refractivity contribution < 1.29 is 24.3 Å². The minimum Gasteiger partial charge on any atom is -0.481 e. The first-order valence-corrected chi connectivity index (χ1v) is 12.9. The van der Waals surface area contributed by atoms with E-state index >= 15 is 0 Å². The van der Waals surface area contributed by atoms with Crippen LogP contribution in [0.2, 0.25) is 0 Å². The summed E-state index contributed by atoms with van der Waals surface area (Å²) in [5.41, 5.74) is 1.86. The van der Waals surface area contributed by atoms with Crippen molar-refractivity contribution in [2.75, 3.05) is 17.3 Å². The molecular weight excluding hydrogens is 474 g/mol. The van der Waals surface area contributed by atoms with Crippen LogP contribution in [0.1, 0.15) is 74.0 Å². The number of fused-ring (bicyclic) bond motifs is 1. The van der Waals surface area contributed by atoms with Gasteiger partial charge in [-0.3, -0.25) is 23.9 Å². The van der Waals surface area contributed by atoms with Crippen molar-refractivity contribution in [1.82, 2.24) is 15.1 Å². The van der Waals surface area contributed by atoms with Crippen molar-refractivity contribution in [3.05, 3.63) is 41.7 Å². The Morgan fingerprint density at radius 2 is 1.76 bits per heavy atom. The molecule has 3 N–H and O–H groups in total. The molecular formula is C27H33N5O5. The van der Waals surface area contributed by atoms with Crippen LogP contribution in [0.3, 0.4) is 0 Å². The Morgan fingerprint density at radius 3 is 2.35 bits per heavy atom. The fourth-order valence-corrected chi connectivity index (χ4v) is 5.55. The van der Waals surface area contributed by atoms with Crippen LogP contribution in [-0.4, -0.2) is 51.7 Å². The zero-order valence-electron chi connectivity index (χ0n) is 21.3. The number of nitrogens with one attached hydrogen (secondary N) is 2. The molecule has 10 heteroatoms. The van der Waals surface area contributed by atoms with Gasteiger partial charge < -0.3 is 20.6 Å². The standard InChI is InChI=1S/C27H33N5O5/c1-14(2)32-20(10-11-28-32)25(34)30-24(23(15-4-5-15)16-6-7-16)26(35)29-17-8-9-18-19(27(36)37)13-22(33)31(3)21(18)12-17/h8-12,14-16,19,23-24H,4-7,13H2,1-3H3,(H,29,35)(H,30,34)(H,36,37)/t19?,24-/m0/s1. The highest BCUT2D eigenvalue weighted by Crippen LogP contribution is 2.51. The number of aromatic nitrogens is 2. The number of rotatable bonds is 9. The third-order valence-electron chi connectivity index (χ3n) is 7.76. The van der Waals surface area contributed by atoms with E-state index in [0.29, 0.717) is 34.5 Å². The molecule has 1 aromatic heterocycles. The molecule has 0 saturated heterocycles. The molecule has 3 aliphatic rings. The number of carbonyl (C=O) groups excluding carboxylic acids is 3. The summed E-state index contributed by atoms with van der Waals surface area (Å²) in [5.74, 6) is -2.06. The van der Waals surface area contributed by atoms with E-state index in [1.54, 1.807) is 42.2 Å². The van der Waals surface area contributed by atoms with Crippen LogP contribution in [0.4, 0.5) is 11.4 Å². The van der Waals surface area contributed by atoms with Gasteiger partial charge in [-0.1, -0.05) is 6.07 Å². The Labute approximate surface area is 215 Å². The summed E-state index contributed by atoms with van der Waals surface area (Å²) >= 11 is 0. The van der Waals surface area contributed by atoms with E-state index in [4.69, 9.17) is 0 Å². The average Bonchev–Trinajstić information content (AvgIpc) is 3.80. The maximum atomic E-state index is 13.7. The Balaban J connectivity index is 1.41. The Bertz CT molecular complexity index is 1230. The van der Waals surface area contributed by atoms with Crippen molar-refractivity contribution in [2.24, 2.45) is 17.8 Å². The molecule has 5 rings (SSSR count). The van der Waals surface area contributed by atoms with E-state index in [1.807, 2.05) is 13.8 Å². The van der Waals surface area contributed by atoms with Crippen LogP contribution in [-0.2, 0) is 14.4 Å². The monoisotopic (exact) mass is 507 g/mol. The van der Waals surface area contributed by atoms with E-state index < -0.39 is 17.9 Å². The van der Waals surface area contributed by atoms with Crippen molar-refractivity contribution in [1.29, 1.82) is 0 Å². The number of hydrogen-bond acceptors (Lipinski definition) is 5. The first-order valence-electron chi connectivity index (χ1n) is 12.9. The molecule has 0 bridgehead atoms. The van der Waals surface area contributed by atoms with Gasteiger partial charge in [-0.2, -0.15) is 5.10 Å². The minimum absolute atomic E-state index is 0.00416. The fraction of sp³-hybridized carbons (Fsp3) is 0.519. The molecule has 0 spiro atoms. The van der Waals surface area contributed by atoms with Crippen LogP contribution in [0.25, 0.3) is 0 Å². The average molecular weight is 508 g/mol. The second-order valence-corrected chi connectivity index (χ2v) is 10.8. The summed E-state index contributed by atoms with van der Waals surface area (Å²) in [4.78, 5) is 52.5. The number of nitrogens with zero attached hydrogens (tertiary/aromatic N) is 3. The van der Waals surface area contributed by atoms with Gasteiger partial charge in [-0.05, 0) is 81.0 Å². The Morgan fingerprint density at radius 1 is 1.08 bits per heavy atom. The van der Waals surface area contributed by atoms with Gasteiger partial charge >= 0.3 is 5.97 Å². The van der Waals surface area contributed by atoms with Crippen LogP contribution in [0.5, 0.6) is 0 Å². The Kier molecular flexibility index (Phi) is 6.51. The van der Waals surface area contributed by atoms with Gasteiger partial charge in [0.15, 0.2) is 0 Å². The lowest BCUT2D eigenvalue weighted by molar-refractivity contribution is -0.140. The fourth-order valence-electron chi connectivity index (χ4n) is 5.55. The first-order chi connectivity index (χ1) is 17.7. The topological polar surface area (TPSA) is 134 Å². The SMILES string of the molecule is CC(C)n1nccc1C(=O)N[C@H](C(=O)Nc1ccc2c(c1)N(C)C(=O)CC2C(=O)O)C(C1CC1)C1CC1. The predicted octanol–water partition coefficient (Wildman–Crippen LogP) is 3.17. The van der Waals surface area contributed by atoms with Gasteiger partial charge in [0.05, 0.1) is 5.92 Å². The smallest absolute Gasteiger partial charge is 0.311 e. The van der Waals surface area contributed by atoms with Gasteiger partial charge in [0.1, 0.15) is 11.7 Å². The number of amides is 3. The summed E-state index contributed by atoms with van der Waals surface area (Å²) in [6.45, 7) is 3.88. The van der Waals surface area contributed by atoms with Crippen molar-refractivity contribution in [3.63, 3.8) is 0 Å². The van der Waals surface area contributed by atoms with Crippen LogP contribution in [0.15, 0.2) is 30.5 Å². The van der Waals surface area contributed by atoms with Crippen LogP contribution < -0.4 is 15.5 Å². The summed E-state index contributed by atoms with van der Waals surface area (Å²) < 4.78 is 1.64. The molecule has 2 heterocycles. The normalized spacial score (nSPS) is 20.1. The summed E-state index contributed by atoms with van der Waals surface area (Å²) in [5, 5.41) is 19.8. The van der Waals surface area contributed by atoms with Crippen LogP contribution >= 0.6 is 0 Å². The lowest BCUT2D eigenvalue weighted by atomic mass is 9.88. The number of carbonyl (C=O) groups is 4. The number of benzene rings is 1. The number of carboxylic acids is 1. The van der Waals surface area contributed by atoms with Gasteiger partial charge in [0.2, 0.25) is 11.8 Å². The lowest BCUT2D eigenvalue weighted by Crippen LogP contribution is -2.50. The van der Waals surface area contributed by atoms with E-state index in [-0.39, 0.29) is 36.1 Å². The molecule has 196 valence electrons. The molecule has 2 aliphatic carbocycles. The summed E-state index contributed by atoms with van der Waals surface area (Å²) in [7, 11) is 1.60. The molecule has 3 amide bonds. The number of anilines is 2. The highest BCUT2D eigenvalue weighted by molar-refractivity contribution is 6.04. The predicted molar refractivity (Wildman–Crippen MR) is 136 cm³/mol. The van der Waals surface area contributed by atoms with Crippen LogP contribution in [0, 0.1) is 17.8 Å². The third-order valence-corrected chi connectivity index (χ3v) is 7.76. The maximum Gasteiger partial charge on any atom is 0.311 e. The number of aliphatic carboxylic acids is 1. The first kappa shape index (κ1) is 25.0. The van der Waals surface area contributed by atoms with Gasteiger partial charge in [0, 0.05) is 37.1 Å². The van der Waals surface area contributed by atoms with E-state index in [1.165, 1.54) is 4.90 Å². The van der Waals surface area contributed by atoms with Gasteiger partial charge in [-0.15, -0.1) is 0 Å². The van der Waals surface area contributed by atoms with E-state index in [2.05, 4.69) is 15.7 Å². The molecule has 2 atom stereocenters. The highest BCUT2D eigenvalue weighted by Gasteiger charge is 2.48. The second kappa shape index (κ2) is 9.64. The molecule has 1 aliphatic heterocycles. The third kappa shape index (κ3) is 4.97. The summed E-state index contributed by atoms with van der Waals surface area (Å²) in [6, 6.07) is 5.88. The lowest BCUT2D eigenvalue weighted by Gasteiger charge is -2.31. The molecule has 2 saturated carbocycles. The van der Waals surface area contributed by atoms with Crippen molar-refractivity contribution in [2.45, 2.75) is 64.0 Å².